The first kappa shape index (κ1) is 13.6. The summed E-state index contributed by atoms with van der Waals surface area (Å²) in [6, 6.07) is 7.21. The largest absolute Gasteiger partial charge is 0.399 e. The lowest BCUT2D eigenvalue weighted by molar-refractivity contribution is 0.432. The predicted octanol–water partition coefficient (Wildman–Crippen LogP) is 3.65. The smallest absolute Gasteiger partial charge is 0.258 e. The topological polar surface area (TPSA) is 77.8 Å². The molecule has 5 nitrogen and oxygen atoms in total. The number of halogens is 1. The Morgan fingerprint density at radius 3 is 2.81 bits per heavy atom. The molecule has 0 spiro atoms. The van der Waals surface area contributed by atoms with E-state index in [1.54, 1.807) is 18.3 Å². The number of aromatic nitrogens is 3. The number of anilines is 1. The number of nitrogen functional groups attached to an aromatic ring is 1. The van der Waals surface area contributed by atoms with Crippen molar-refractivity contribution in [2.45, 2.75) is 13.8 Å². The molecule has 0 aliphatic rings. The summed E-state index contributed by atoms with van der Waals surface area (Å²) in [4.78, 5) is 8.55. The zero-order valence-electron chi connectivity index (χ0n) is 11.6. The number of aryl methyl sites for hydroxylation is 1. The van der Waals surface area contributed by atoms with E-state index >= 15 is 0 Å². The lowest BCUT2D eigenvalue weighted by atomic mass is 10.0. The van der Waals surface area contributed by atoms with E-state index in [2.05, 4.69) is 15.1 Å². The van der Waals surface area contributed by atoms with Crippen LogP contribution in [0.5, 0.6) is 0 Å². The summed E-state index contributed by atoms with van der Waals surface area (Å²) >= 11 is 6.09. The van der Waals surface area contributed by atoms with Crippen LogP contribution >= 0.6 is 11.6 Å². The molecule has 0 bridgehead atoms. The maximum absolute atomic E-state index is 6.09. The van der Waals surface area contributed by atoms with Gasteiger partial charge < -0.3 is 10.3 Å². The third-order valence-corrected chi connectivity index (χ3v) is 3.62. The van der Waals surface area contributed by atoms with Crippen LogP contribution in [0.1, 0.15) is 11.1 Å². The molecule has 0 fully saturated rings. The molecule has 0 saturated carbocycles. The van der Waals surface area contributed by atoms with Gasteiger partial charge in [-0.1, -0.05) is 16.8 Å². The Morgan fingerprint density at radius 2 is 2.05 bits per heavy atom. The van der Waals surface area contributed by atoms with Crippen LogP contribution in [0.4, 0.5) is 5.69 Å². The molecule has 0 amide bonds. The summed E-state index contributed by atoms with van der Waals surface area (Å²) in [6.07, 6.45) is 1.63. The Kier molecular flexibility index (Phi) is 3.35. The molecule has 0 unspecified atom stereocenters. The average molecular weight is 301 g/mol. The fourth-order valence-corrected chi connectivity index (χ4v) is 2.29. The fraction of sp³-hybridized carbons (Fsp3) is 0.133. The molecule has 6 heteroatoms. The van der Waals surface area contributed by atoms with Crippen LogP contribution in [0, 0.1) is 13.8 Å². The van der Waals surface area contributed by atoms with Gasteiger partial charge >= 0.3 is 0 Å². The van der Waals surface area contributed by atoms with E-state index in [1.165, 1.54) is 0 Å². The van der Waals surface area contributed by atoms with E-state index < -0.39 is 0 Å². The predicted molar refractivity (Wildman–Crippen MR) is 81.9 cm³/mol. The summed E-state index contributed by atoms with van der Waals surface area (Å²) in [5.74, 6) is 0.759. The van der Waals surface area contributed by atoms with E-state index in [1.807, 2.05) is 26.0 Å². The van der Waals surface area contributed by atoms with Crippen molar-refractivity contribution in [3.63, 3.8) is 0 Å². The molecule has 2 aromatic heterocycles. The van der Waals surface area contributed by atoms with Crippen molar-refractivity contribution in [3.8, 4) is 23.0 Å². The maximum atomic E-state index is 6.09. The quantitative estimate of drug-likeness (QED) is 0.731. The Hall–Kier alpha value is -2.40. The van der Waals surface area contributed by atoms with Crippen molar-refractivity contribution in [3.05, 3.63) is 46.6 Å². The van der Waals surface area contributed by atoms with Crippen LogP contribution < -0.4 is 5.73 Å². The summed E-state index contributed by atoms with van der Waals surface area (Å²) < 4.78 is 5.34. The van der Waals surface area contributed by atoms with Gasteiger partial charge in [0, 0.05) is 17.4 Å². The summed E-state index contributed by atoms with van der Waals surface area (Å²) in [5.41, 5.74) is 9.97. The van der Waals surface area contributed by atoms with Crippen LogP contribution in [0.2, 0.25) is 5.02 Å². The van der Waals surface area contributed by atoms with Crippen LogP contribution in [0.25, 0.3) is 23.0 Å². The lowest BCUT2D eigenvalue weighted by Gasteiger charge is -2.06. The maximum Gasteiger partial charge on any atom is 0.258 e. The van der Waals surface area contributed by atoms with Crippen molar-refractivity contribution >= 4 is 17.3 Å². The van der Waals surface area contributed by atoms with Gasteiger partial charge in [-0.15, -0.1) is 0 Å². The molecule has 0 aliphatic heterocycles. The van der Waals surface area contributed by atoms with E-state index in [9.17, 15) is 0 Å². The first-order valence-corrected chi connectivity index (χ1v) is 6.75. The molecule has 0 aliphatic carbocycles. The van der Waals surface area contributed by atoms with Gasteiger partial charge in [0.05, 0.1) is 5.02 Å². The molecular weight excluding hydrogens is 288 g/mol. The standard InChI is InChI=1S/C15H13ClN4O/c1-8-6-10(17)7-11(9(8)2)15-19-14(20-21-15)13-12(16)4-3-5-18-13/h3-7H,17H2,1-2H3. The minimum Gasteiger partial charge on any atom is -0.399 e. The number of rotatable bonds is 2. The molecular formula is C15H13ClN4O. The van der Waals surface area contributed by atoms with Crippen molar-refractivity contribution in [2.24, 2.45) is 0 Å². The van der Waals surface area contributed by atoms with Gasteiger partial charge in [0.25, 0.3) is 5.89 Å². The number of pyridine rings is 1. The molecule has 21 heavy (non-hydrogen) atoms. The molecule has 106 valence electrons. The SMILES string of the molecule is Cc1cc(N)cc(-c2nc(-c3ncccc3Cl)no2)c1C. The zero-order valence-corrected chi connectivity index (χ0v) is 12.3. The molecule has 1 aromatic carbocycles. The molecule has 0 radical (unpaired) electrons. The lowest BCUT2D eigenvalue weighted by Crippen LogP contribution is -1.93. The normalized spacial score (nSPS) is 10.8. The molecule has 0 saturated heterocycles. The van der Waals surface area contributed by atoms with Gasteiger partial charge in [-0.3, -0.25) is 4.98 Å². The first-order chi connectivity index (χ1) is 10.1. The minimum atomic E-state index is 0.357. The molecule has 2 N–H and O–H groups in total. The third-order valence-electron chi connectivity index (χ3n) is 3.32. The summed E-state index contributed by atoms with van der Waals surface area (Å²) in [7, 11) is 0. The molecule has 0 atom stereocenters. The van der Waals surface area contributed by atoms with Gasteiger partial charge in [0.15, 0.2) is 0 Å². The Morgan fingerprint density at radius 1 is 1.24 bits per heavy atom. The Bertz CT molecular complexity index is 813. The second kappa shape index (κ2) is 5.18. The Balaban J connectivity index is 2.09. The van der Waals surface area contributed by atoms with Gasteiger partial charge in [0.1, 0.15) is 5.69 Å². The number of hydrogen-bond acceptors (Lipinski definition) is 5. The van der Waals surface area contributed by atoms with Crippen LogP contribution in [-0.4, -0.2) is 15.1 Å². The minimum absolute atomic E-state index is 0.357. The van der Waals surface area contributed by atoms with Crippen molar-refractivity contribution < 1.29 is 4.52 Å². The number of nitrogens with zero attached hydrogens (tertiary/aromatic N) is 3. The van der Waals surface area contributed by atoms with Crippen molar-refractivity contribution in [2.75, 3.05) is 5.73 Å². The average Bonchev–Trinajstić information content (AvgIpc) is 2.92. The number of benzene rings is 1. The van der Waals surface area contributed by atoms with Crippen LogP contribution in [0.3, 0.4) is 0 Å². The first-order valence-electron chi connectivity index (χ1n) is 6.38. The van der Waals surface area contributed by atoms with Crippen LogP contribution in [0.15, 0.2) is 35.0 Å². The van der Waals surface area contributed by atoms with E-state index in [0.29, 0.717) is 28.1 Å². The highest BCUT2D eigenvalue weighted by molar-refractivity contribution is 6.32. The molecule has 2 heterocycles. The van der Waals surface area contributed by atoms with Gasteiger partial charge in [-0.25, -0.2) is 0 Å². The summed E-state index contributed by atoms with van der Waals surface area (Å²) in [6.45, 7) is 3.98. The number of hydrogen-bond donors (Lipinski definition) is 1. The van der Waals surface area contributed by atoms with E-state index in [4.69, 9.17) is 21.9 Å². The highest BCUT2D eigenvalue weighted by atomic mass is 35.5. The van der Waals surface area contributed by atoms with Crippen LogP contribution in [-0.2, 0) is 0 Å². The molecule has 3 aromatic rings. The van der Waals surface area contributed by atoms with Gasteiger partial charge in [-0.05, 0) is 49.2 Å². The fourth-order valence-electron chi connectivity index (χ4n) is 2.09. The Labute approximate surface area is 126 Å². The van der Waals surface area contributed by atoms with E-state index in [0.717, 1.165) is 16.7 Å². The monoisotopic (exact) mass is 300 g/mol. The van der Waals surface area contributed by atoms with Crippen molar-refractivity contribution in [1.29, 1.82) is 0 Å². The van der Waals surface area contributed by atoms with Gasteiger partial charge in [-0.2, -0.15) is 4.98 Å². The second-order valence-electron chi connectivity index (χ2n) is 4.77. The summed E-state index contributed by atoms with van der Waals surface area (Å²) in [5, 5.41) is 4.43. The zero-order chi connectivity index (χ0) is 15.0. The molecule has 3 rings (SSSR count). The van der Waals surface area contributed by atoms with Crippen molar-refractivity contribution in [1.82, 2.24) is 15.1 Å². The second-order valence-corrected chi connectivity index (χ2v) is 5.17. The highest BCUT2D eigenvalue weighted by Crippen LogP contribution is 2.29. The number of nitrogens with two attached hydrogens (primary N) is 1. The van der Waals surface area contributed by atoms with Gasteiger partial charge in [0.2, 0.25) is 5.82 Å². The van der Waals surface area contributed by atoms with E-state index in [-0.39, 0.29) is 0 Å². The third kappa shape index (κ3) is 2.48. The highest BCUT2D eigenvalue weighted by Gasteiger charge is 2.16.